The van der Waals surface area contributed by atoms with Gasteiger partial charge in [0, 0.05) is 24.3 Å². The number of nitrogens with zero attached hydrogens (tertiary/aromatic N) is 1. The second-order valence-electron chi connectivity index (χ2n) is 7.48. The molecular weight excluding hydrogens is 350 g/mol. The molecular formula is C23H29N3O2. The second kappa shape index (κ2) is 9.62. The highest BCUT2D eigenvalue weighted by molar-refractivity contribution is 5.96. The summed E-state index contributed by atoms with van der Waals surface area (Å²) in [5, 5.41) is 6.23. The van der Waals surface area contributed by atoms with Gasteiger partial charge >= 0.3 is 0 Å². The average molecular weight is 380 g/mol. The van der Waals surface area contributed by atoms with E-state index in [1.54, 1.807) is 24.3 Å². The smallest absolute Gasteiger partial charge is 0.241 e. The zero-order valence-electron chi connectivity index (χ0n) is 16.7. The van der Waals surface area contributed by atoms with Crippen LogP contribution in [-0.2, 0) is 17.9 Å². The molecule has 1 aliphatic rings. The van der Waals surface area contributed by atoms with Gasteiger partial charge in [-0.2, -0.15) is 0 Å². The summed E-state index contributed by atoms with van der Waals surface area (Å²) in [4.78, 5) is 26.3. The highest BCUT2D eigenvalue weighted by atomic mass is 16.2. The number of rotatable bonds is 8. The minimum absolute atomic E-state index is 0.0144. The molecule has 0 saturated carbocycles. The van der Waals surface area contributed by atoms with Crippen LogP contribution in [0.25, 0.3) is 0 Å². The number of anilines is 1. The van der Waals surface area contributed by atoms with Crippen molar-refractivity contribution >= 4 is 17.4 Å². The monoisotopic (exact) mass is 379 g/mol. The zero-order valence-corrected chi connectivity index (χ0v) is 16.7. The second-order valence-corrected chi connectivity index (χ2v) is 7.48. The maximum atomic E-state index is 12.5. The van der Waals surface area contributed by atoms with Crippen molar-refractivity contribution in [2.24, 2.45) is 0 Å². The van der Waals surface area contributed by atoms with E-state index in [1.807, 2.05) is 13.0 Å². The molecule has 3 rings (SSSR count). The van der Waals surface area contributed by atoms with Crippen LogP contribution in [0.4, 0.5) is 5.69 Å². The van der Waals surface area contributed by atoms with Crippen LogP contribution in [0.1, 0.15) is 48.2 Å². The maximum absolute atomic E-state index is 12.5. The average Bonchev–Trinajstić information content (AvgIpc) is 3.20. The standard InChI is InChI=1S/C23H29N3O2/c1-17(23(28)25-22-11-9-19(10-12-22)18(2)27)24-15-20-7-3-4-8-21(20)16-26-13-5-6-14-26/h3-4,7-12,17,24H,5-6,13-16H2,1-2H3,(H,25,28). The number of hydrogen-bond acceptors (Lipinski definition) is 4. The lowest BCUT2D eigenvalue weighted by atomic mass is 10.1. The van der Waals surface area contributed by atoms with E-state index in [4.69, 9.17) is 0 Å². The highest BCUT2D eigenvalue weighted by Crippen LogP contribution is 2.16. The van der Waals surface area contributed by atoms with Crippen LogP contribution in [0, 0.1) is 0 Å². The Morgan fingerprint density at radius 3 is 2.29 bits per heavy atom. The number of amides is 1. The fourth-order valence-electron chi connectivity index (χ4n) is 3.46. The van der Waals surface area contributed by atoms with Gasteiger partial charge in [0.1, 0.15) is 0 Å². The van der Waals surface area contributed by atoms with Crippen LogP contribution >= 0.6 is 0 Å². The van der Waals surface area contributed by atoms with Crippen molar-refractivity contribution in [3.8, 4) is 0 Å². The third kappa shape index (κ3) is 5.50. The summed E-state index contributed by atoms with van der Waals surface area (Å²) in [6.45, 7) is 7.36. The van der Waals surface area contributed by atoms with Crippen LogP contribution in [0.3, 0.4) is 0 Å². The van der Waals surface area contributed by atoms with Crippen molar-refractivity contribution < 1.29 is 9.59 Å². The maximum Gasteiger partial charge on any atom is 0.241 e. The first-order valence-corrected chi connectivity index (χ1v) is 9.97. The minimum atomic E-state index is -0.327. The molecule has 1 fully saturated rings. The van der Waals surface area contributed by atoms with Crippen LogP contribution in [0.2, 0.25) is 0 Å². The van der Waals surface area contributed by atoms with Crippen LogP contribution in [0.15, 0.2) is 48.5 Å². The van der Waals surface area contributed by atoms with Crippen molar-refractivity contribution in [1.82, 2.24) is 10.2 Å². The van der Waals surface area contributed by atoms with Crippen LogP contribution in [0.5, 0.6) is 0 Å². The summed E-state index contributed by atoms with van der Waals surface area (Å²) >= 11 is 0. The van der Waals surface area contributed by atoms with Crippen molar-refractivity contribution in [1.29, 1.82) is 0 Å². The van der Waals surface area contributed by atoms with Gasteiger partial charge in [0.25, 0.3) is 0 Å². The quantitative estimate of drug-likeness (QED) is 0.688. The number of carbonyl (C=O) groups is 2. The first-order chi connectivity index (χ1) is 13.5. The number of ketones is 1. The Labute approximate surface area is 167 Å². The first-order valence-electron chi connectivity index (χ1n) is 9.97. The van der Waals surface area contributed by atoms with E-state index in [9.17, 15) is 9.59 Å². The number of carbonyl (C=O) groups excluding carboxylic acids is 2. The molecule has 2 aromatic rings. The molecule has 0 aromatic heterocycles. The largest absolute Gasteiger partial charge is 0.325 e. The number of Topliss-reactive ketones (excluding diaryl/α,β-unsaturated/α-hetero) is 1. The summed E-state index contributed by atoms with van der Waals surface area (Å²) in [5.74, 6) is -0.0758. The summed E-state index contributed by atoms with van der Waals surface area (Å²) in [6.07, 6.45) is 2.57. The van der Waals surface area contributed by atoms with E-state index in [-0.39, 0.29) is 17.7 Å². The Kier molecular flexibility index (Phi) is 6.95. The molecule has 5 nitrogen and oxygen atoms in total. The molecule has 1 unspecified atom stereocenters. The molecule has 1 aliphatic heterocycles. The molecule has 0 bridgehead atoms. The van der Waals surface area contributed by atoms with Gasteiger partial charge in [0.15, 0.2) is 5.78 Å². The van der Waals surface area contributed by atoms with Gasteiger partial charge in [-0.3, -0.25) is 14.5 Å². The van der Waals surface area contributed by atoms with Gasteiger partial charge in [-0.1, -0.05) is 24.3 Å². The topological polar surface area (TPSA) is 61.4 Å². The van der Waals surface area contributed by atoms with Gasteiger partial charge in [-0.05, 0) is 75.2 Å². The summed E-state index contributed by atoms with van der Waals surface area (Å²) in [5.41, 5.74) is 3.89. The third-order valence-corrected chi connectivity index (χ3v) is 5.26. The van der Waals surface area contributed by atoms with Gasteiger partial charge in [-0.15, -0.1) is 0 Å². The van der Waals surface area contributed by atoms with E-state index < -0.39 is 0 Å². The minimum Gasteiger partial charge on any atom is -0.325 e. The molecule has 148 valence electrons. The molecule has 1 atom stereocenters. The Morgan fingerprint density at radius 1 is 1.00 bits per heavy atom. The molecule has 0 aliphatic carbocycles. The molecule has 1 heterocycles. The summed E-state index contributed by atoms with van der Waals surface area (Å²) in [7, 11) is 0. The Balaban J connectivity index is 1.54. The third-order valence-electron chi connectivity index (χ3n) is 5.26. The predicted octanol–water partition coefficient (Wildman–Crippen LogP) is 3.60. The van der Waals surface area contributed by atoms with Gasteiger partial charge in [0.05, 0.1) is 6.04 Å². The van der Waals surface area contributed by atoms with E-state index in [2.05, 4.69) is 33.7 Å². The van der Waals surface area contributed by atoms with Gasteiger partial charge < -0.3 is 10.6 Å². The molecule has 5 heteroatoms. The lowest BCUT2D eigenvalue weighted by Crippen LogP contribution is -2.37. The molecule has 2 aromatic carbocycles. The molecule has 2 N–H and O–H groups in total. The van der Waals surface area contributed by atoms with Crippen molar-refractivity contribution in [2.45, 2.75) is 45.8 Å². The zero-order chi connectivity index (χ0) is 19.9. The SMILES string of the molecule is CC(=O)c1ccc(NC(=O)C(C)NCc2ccccc2CN2CCCC2)cc1. The Morgan fingerprint density at radius 2 is 1.64 bits per heavy atom. The normalized spacial score (nSPS) is 15.4. The molecule has 0 radical (unpaired) electrons. The van der Waals surface area contributed by atoms with E-state index in [1.165, 1.54) is 44.0 Å². The lowest BCUT2D eigenvalue weighted by molar-refractivity contribution is -0.117. The van der Waals surface area contributed by atoms with Crippen LogP contribution in [-0.4, -0.2) is 35.7 Å². The summed E-state index contributed by atoms with van der Waals surface area (Å²) < 4.78 is 0. The van der Waals surface area contributed by atoms with Crippen molar-refractivity contribution in [3.05, 3.63) is 65.2 Å². The molecule has 1 amide bonds. The number of likely N-dealkylation sites (tertiary alicyclic amines) is 1. The molecule has 0 spiro atoms. The highest BCUT2D eigenvalue weighted by Gasteiger charge is 2.16. The van der Waals surface area contributed by atoms with Gasteiger partial charge in [0.2, 0.25) is 5.91 Å². The van der Waals surface area contributed by atoms with Crippen molar-refractivity contribution in [3.63, 3.8) is 0 Å². The Bertz CT molecular complexity index is 811. The van der Waals surface area contributed by atoms with Crippen LogP contribution < -0.4 is 10.6 Å². The van der Waals surface area contributed by atoms with E-state index >= 15 is 0 Å². The fourth-order valence-corrected chi connectivity index (χ4v) is 3.46. The predicted molar refractivity (Wildman–Crippen MR) is 112 cm³/mol. The lowest BCUT2D eigenvalue weighted by Gasteiger charge is -2.19. The fraction of sp³-hybridized carbons (Fsp3) is 0.391. The molecule has 28 heavy (non-hydrogen) atoms. The van der Waals surface area contributed by atoms with Gasteiger partial charge in [-0.25, -0.2) is 0 Å². The first kappa shape index (κ1) is 20.2. The van der Waals surface area contributed by atoms with E-state index in [0.29, 0.717) is 17.8 Å². The number of hydrogen-bond donors (Lipinski definition) is 2. The van der Waals surface area contributed by atoms with E-state index in [0.717, 1.165) is 6.54 Å². The van der Waals surface area contributed by atoms with Crippen molar-refractivity contribution in [2.75, 3.05) is 18.4 Å². The summed E-state index contributed by atoms with van der Waals surface area (Å²) in [6, 6.07) is 15.1. The number of benzene rings is 2. The Hall–Kier alpha value is -2.50. The number of nitrogens with one attached hydrogen (secondary N) is 2. The molecule has 1 saturated heterocycles.